The average molecular weight is 278 g/mol. The molecule has 4 heteroatoms. The Hall–Kier alpha value is -1.55. The molecule has 112 valence electrons. The fourth-order valence-electron chi connectivity index (χ4n) is 1.95. The lowest BCUT2D eigenvalue weighted by Crippen LogP contribution is -2.42. The number of amides is 1. The largest absolute Gasteiger partial charge is 0.495 e. The minimum Gasteiger partial charge on any atom is -0.495 e. The van der Waals surface area contributed by atoms with Crippen LogP contribution in [-0.2, 0) is 4.79 Å². The van der Waals surface area contributed by atoms with Gasteiger partial charge in [0, 0.05) is 12.0 Å². The third kappa shape index (κ3) is 3.73. The molecule has 0 atom stereocenters. The highest BCUT2D eigenvalue weighted by atomic mass is 16.5. The third-order valence-electron chi connectivity index (χ3n) is 3.67. The Morgan fingerprint density at radius 2 is 2.00 bits per heavy atom. The topological polar surface area (TPSA) is 55.6 Å². The summed E-state index contributed by atoms with van der Waals surface area (Å²) in [7, 11) is 1.62. The van der Waals surface area contributed by atoms with Crippen molar-refractivity contribution in [2.45, 2.75) is 33.6 Å². The molecule has 0 unspecified atom stereocenters. The van der Waals surface area contributed by atoms with Crippen molar-refractivity contribution < 1.29 is 9.53 Å². The van der Waals surface area contributed by atoms with E-state index in [-0.39, 0.29) is 5.91 Å². The van der Waals surface area contributed by atoms with Gasteiger partial charge in [0.2, 0.25) is 5.91 Å². The Labute approximate surface area is 121 Å². The Balaban J connectivity index is 3.15. The molecule has 1 aromatic rings. The Kier molecular flexibility index (Phi) is 6.02. The van der Waals surface area contributed by atoms with Gasteiger partial charge in [-0.05, 0) is 31.5 Å². The molecule has 20 heavy (non-hydrogen) atoms. The molecule has 1 aromatic carbocycles. The second-order valence-electron chi connectivity index (χ2n) is 5.51. The first-order valence-corrected chi connectivity index (χ1v) is 7.13. The minimum absolute atomic E-state index is 0.109. The molecule has 0 aliphatic carbocycles. The Bertz CT molecular complexity index is 444. The van der Waals surface area contributed by atoms with E-state index in [4.69, 9.17) is 10.5 Å². The van der Waals surface area contributed by atoms with Gasteiger partial charge in [-0.1, -0.05) is 32.9 Å². The number of rotatable bonds is 7. The first-order valence-electron chi connectivity index (χ1n) is 7.13. The predicted molar refractivity (Wildman–Crippen MR) is 83.1 cm³/mol. The number of ether oxygens (including phenoxy) is 1. The zero-order valence-electron chi connectivity index (χ0n) is 13.0. The van der Waals surface area contributed by atoms with Crippen molar-refractivity contribution in [2.75, 3.05) is 25.1 Å². The second kappa shape index (κ2) is 7.29. The Morgan fingerprint density at radius 1 is 1.35 bits per heavy atom. The summed E-state index contributed by atoms with van der Waals surface area (Å²) in [5, 5.41) is 0. The summed E-state index contributed by atoms with van der Waals surface area (Å²) in [5.74, 6) is 0.822. The van der Waals surface area contributed by atoms with Crippen LogP contribution in [0.2, 0.25) is 0 Å². The van der Waals surface area contributed by atoms with E-state index in [9.17, 15) is 4.79 Å². The van der Waals surface area contributed by atoms with Crippen LogP contribution in [0.25, 0.3) is 0 Å². The maximum absolute atomic E-state index is 12.8. The summed E-state index contributed by atoms with van der Waals surface area (Å²) in [6.45, 7) is 7.15. The maximum atomic E-state index is 12.8. The lowest BCUT2D eigenvalue weighted by atomic mass is 9.88. The van der Waals surface area contributed by atoms with Crippen LogP contribution < -0.4 is 15.4 Å². The monoisotopic (exact) mass is 278 g/mol. The lowest BCUT2D eigenvalue weighted by Gasteiger charge is -2.32. The number of nitrogens with two attached hydrogens (primary N) is 1. The smallest absolute Gasteiger partial charge is 0.232 e. The minimum atomic E-state index is -0.393. The lowest BCUT2D eigenvalue weighted by molar-refractivity contribution is -0.126. The van der Waals surface area contributed by atoms with Crippen LogP contribution in [0.1, 0.15) is 33.6 Å². The molecule has 0 aromatic heterocycles. The third-order valence-corrected chi connectivity index (χ3v) is 3.67. The van der Waals surface area contributed by atoms with Gasteiger partial charge < -0.3 is 15.4 Å². The quantitative estimate of drug-likeness (QED) is 0.834. The number of nitrogens with zero attached hydrogens (tertiary/aromatic N) is 1. The van der Waals surface area contributed by atoms with E-state index >= 15 is 0 Å². The van der Waals surface area contributed by atoms with Gasteiger partial charge in [0.25, 0.3) is 0 Å². The van der Waals surface area contributed by atoms with Gasteiger partial charge in [-0.3, -0.25) is 4.79 Å². The van der Waals surface area contributed by atoms with Gasteiger partial charge in [-0.15, -0.1) is 0 Å². The van der Waals surface area contributed by atoms with Crippen LogP contribution in [0, 0.1) is 5.41 Å². The molecule has 0 aliphatic heterocycles. The highest BCUT2D eigenvalue weighted by Gasteiger charge is 2.31. The fraction of sp³-hybridized carbons (Fsp3) is 0.562. The number of carbonyl (C=O) groups excluding carboxylic acids is 1. The zero-order chi connectivity index (χ0) is 15.2. The average Bonchev–Trinajstić information content (AvgIpc) is 2.47. The normalized spacial score (nSPS) is 11.2. The van der Waals surface area contributed by atoms with Crippen molar-refractivity contribution in [3.8, 4) is 5.75 Å². The van der Waals surface area contributed by atoms with Gasteiger partial charge >= 0.3 is 0 Å². The van der Waals surface area contributed by atoms with Crippen LogP contribution in [0.5, 0.6) is 5.75 Å². The summed E-state index contributed by atoms with van der Waals surface area (Å²) < 4.78 is 5.38. The van der Waals surface area contributed by atoms with E-state index in [0.717, 1.165) is 18.5 Å². The van der Waals surface area contributed by atoms with Crippen LogP contribution in [0.15, 0.2) is 24.3 Å². The molecule has 2 N–H and O–H groups in total. The maximum Gasteiger partial charge on any atom is 0.232 e. The molecule has 1 rings (SSSR count). The Morgan fingerprint density at radius 3 is 2.55 bits per heavy atom. The van der Waals surface area contributed by atoms with E-state index in [1.54, 1.807) is 12.0 Å². The molecular weight excluding hydrogens is 252 g/mol. The molecule has 0 fully saturated rings. The predicted octanol–water partition coefficient (Wildman–Crippen LogP) is 2.81. The van der Waals surface area contributed by atoms with Crippen molar-refractivity contribution >= 4 is 11.6 Å². The van der Waals surface area contributed by atoms with Crippen molar-refractivity contribution in [3.63, 3.8) is 0 Å². The molecule has 0 radical (unpaired) electrons. The van der Waals surface area contributed by atoms with Crippen molar-refractivity contribution in [1.29, 1.82) is 0 Å². The van der Waals surface area contributed by atoms with Gasteiger partial charge in [0.05, 0.1) is 12.8 Å². The molecule has 0 saturated heterocycles. The number of carbonyl (C=O) groups is 1. The molecule has 4 nitrogen and oxygen atoms in total. The van der Waals surface area contributed by atoms with Crippen LogP contribution in [-0.4, -0.2) is 26.1 Å². The van der Waals surface area contributed by atoms with Gasteiger partial charge in [-0.25, -0.2) is 0 Å². The molecule has 0 bridgehead atoms. The highest BCUT2D eigenvalue weighted by Crippen LogP contribution is 2.32. The number of methoxy groups -OCH3 is 1. The number of hydrogen-bond donors (Lipinski definition) is 1. The van der Waals surface area contributed by atoms with Gasteiger partial charge in [0.15, 0.2) is 0 Å². The van der Waals surface area contributed by atoms with Crippen LogP contribution in [0.4, 0.5) is 5.69 Å². The fourth-order valence-corrected chi connectivity index (χ4v) is 1.95. The highest BCUT2D eigenvalue weighted by molar-refractivity contribution is 5.98. The molecule has 1 amide bonds. The van der Waals surface area contributed by atoms with Gasteiger partial charge in [-0.2, -0.15) is 0 Å². The second-order valence-corrected chi connectivity index (χ2v) is 5.51. The number of hydrogen-bond acceptors (Lipinski definition) is 3. The first-order chi connectivity index (χ1) is 9.47. The SMILES string of the molecule is CCC(C)(C)C(=O)N(CCCN)c1ccccc1OC. The van der Waals surface area contributed by atoms with Crippen molar-refractivity contribution in [2.24, 2.45) is 11.1 Å². The first kappa shape index (κ1) is 16.5. The van der Waals surface area contributed by atoms with Crippen LogP contribution in [0.3, 0.4) is 0 Å². The summed E-state index contributed by atoms with van der Waals surface area (Å²) >= 11 is 0. The number of benzene rings is 1. The van der Waals surface area contributed by atoms with E-state index in [2.05, 4.69) is 0 Å². The molecule has 0 saturated carbocycles. The van der Waals surface area contributed by atoms with E-state index in [1.165, 1.54) is 0 Å². The number of para-hydroxylation sites is 2. The van der Waals surface area contributed by atoms with E-state index in [1.807, 2.05) is 45.0 Å². The molecule has 0 aliphatic rings. The number of anilines is 1. The zero-order valence-corrected chi connectivity index (χ0v) is 13.0. The summed E-state index contributed by atoms with van der Waals surface area (Å²) in [4.78, 5) is 14.6. The standard InChI is InChI=1S/C16H26N2O2/c1-5-16(2,3)15(19)18(12-8-11-17)13-9-6-7-10-14(13)20-4/h6-7,9-10H,5,8,11-12,17H2,1-4H3. The van der Waals surface area contributed by atoms with Gasteiger partial charge in [0.1, 0.15) is 5.75 Å². The van der Waals surface area contributed by atoms with E-state index < -0.39 is 5.41 Å². The molecular formula is C16H26N2O2. The van der Waals surface area contributed by atoms with Crippen molar-refractivity contribution in [1.82, 2.24) is 0 Å². The summed E-state index contributed by atoms with van der Waals surface area (Å²) in [5.41, 5.74) is 6.02. The summed E-state index contributed by atoms with van der Waals surface area (Å²) in [6.07, 6.45) is 1.56. The molecule has 0 spiro atoms. The van der Waals surface area contributed by atoms with Crippen LogP contribution >= 0.6 is 0 Å². The molecule has 0 heterocycles. The van der Waals surface area contributed by atoms with E-state index in [0.29, 0.717) is 18.8 Å². The summed E-state index contributed by atoms with van der Waals surface area (Å²) in [6, 6.07) is 7.61. The van der Waals surface area contributed by atoms with Crippen molar-refractivity contribution in [3.05, 3.63) is 24.3 Å².